The van der Waals surface area contributed by atoms with Crippen molar-refractivity contribution < 1.29 is 18.7 Å². The van der Waals surface area contributed by atoms with Gasteiger partial charge < -0.3 is 14.4 Å². The van der Waals surface area contributed by atoms with Crippen molar-refractivity contribution >= 4 is 5.91 Å². The van der Waals surface area contributed by atoms with Crippen molar-refractivity contribution in [1.29, 1.82) is 0 Å². The van der Waals surface area contributed by atoms with Crippen LogP contribution in [0.5, 0.6) is 5.88 Å². The molecule has 1 aliphatic carbocycles. The first-order chi connectivity index (χ1) is 12.2. The van der Waals surface area contributed by atoms with Gasteiger partial charge in [-0.1, -0.05) is 6.08 Å². The van der Waals surface area contributed by atoms with Crippen LogP contribution in [-0.2, 0) is 9.53 Å². The van der Waals surface area contributed by atoms with Crippen LogP contribution in [0.2, 0.25) is 0 Å². The highest BCUT2D eigenvalue weighted by Gasteiger charge is 2.54. The fraction of sp³-hybridized carbons (Fsp3) is 0.579. The molecule has 0 bridgehead atoms. The summed E-state index contributed by atoms with van der Waals surface area (Å²) in [5.41, 5.74) is 0.722. The SMILES string of the molecule is O=C(C1=CCCC1)N1CC2(C1)OCC[C@H]2CCOc1ncccc1F. The van der Waals surface area contributed by atoms with Crippen LogP contribution in [0.3, 0.4) is 0 Å². The number of allylic oxidation sites excluding steroid dienone is 1. The zero-order valence-electron chi connectivity index (χ0n) is 14.2. The molecule has 134 valence electrons. The van der Waals surface area contributed by atoms with E-state index in [-0.39, 0.29) is 17.4 Å². The van der Waals surface area contributed by atoms with E-state index in [9.17, 15) is 9.18 Å². The summed E-state index contributed by atoms with van der Waals surface area (Å²) in [6, 6.07) is 2.89. The van der Waals surface area contributed by atoms with E-state index in [4.69, 9.17) is 9.47 Å². The van der Waals surface area contributed by atoms with Gasteiger partial charge in [0, 0.05) is 18.4 Å². The molecule has 5 nitrogen and oxygen atoms in total. The van der Waals surface area contributed by atoms with Crippen molar-refractivity contribution in [1.82, 2.24) is 9.88 Å². The number of pyridine rings is 1. The molecule has 1 spiro atoms. The minimum atomic E-state index is -0.440. The molecule has 0 unspecified atom stereocenters. The van der Waals surface area contributed by atoms with Gasteiger partial charge in [0.15, 0.2) is 5.82 Å². The van der Waals surface area contributed by atoms with Crippen LogP contribution in [0.15, 0.2) is 30.0 Å². The Kier molecular flexibility index (Phi) is 4.46. The van der Waals surface area contributed by atoms with E-state index in [1.807, 2.05) is 4.90 Å². The lowest BCUT2D eigenvalue weighted by atomic mass is 9.79. The number of rotatable bonds is 5. The molecule has 2 saturated heterocycles. The second kappa shape index (κ2) is 6.75. The average Bonchev–Trinajstić information content (AvgIpc) is 3.24. The van der Waals surface area contributed by atoms with Gasteiger partial charge in [0.2, 0.25) is 11.8 Å². The van der Waals surface area contributed by atoms with Gasteiger partial charge in [-0.25, -0.2) is 9.37 Å². The van der Waals surface area contributed by atoms with Crippen molar-refractivity contribution in [3.63, 3.8) is 0 Å². The standard InChI is InChI=1S/C19H23FN2O3/c20-16-6-3-9-21-17(16)24-10-7-15-8-11-25-19(15)12-22(13-19)18(23)14-4-1-2-5-14/h3-4,6,9,15H,1-2,5,7-8,10-13H2/t15-/m1/s1. The first kappa shape index (κ1) is 16.5. The predicted octanol–water partition coefficient (Wildman–Crippen LogP) is 2.72. The van der Waals surface area contributed by atoms with E-state index in [1.165, 1.54) is 12.3 Å². The maximum atomic E-state index is 13.5. The molecule has 0 N–H and O–H groups in total. The maximum absolute atomic E-state index is 13.5. The highest BCUT2D eigenvalue weighted by Crippen LogP contribution is 2.42. The molecule has 3 aliphatic rings. The average molecular weight is 346 g/mol. The second-order valence-electron chi connectivity index (χ2n) is 7.11. The van der Waals surface area contributed by atoms with Gasteiger partial charge in [-0.05, 0) is 50.2 Å². The summed E-state index contributed by atoms with van der Waals surface area (Å²) in [5, 5.41) is 0. The second-order valence-corrected chi connectivity index (χ2v) is 7.11. The molecule has 0 aromatic carbocycles. The number of aromatic nitrogens is 1. The van der Waals surface area contributed by atoms with E-state index in [2.05, 4.69) is 11.1 Å². The van der Waals surface area contributed by atoms with E-state index in [1.54, 1.807) is 6.07 Å². The monoisotopic (exact) mass is 346 g/mol. The maximum Gasteiger partial charge on any atom is 0.250 e. The largest absolute Gasteiger partial charge is 0.476 e. The summed E-state index contributed by atoms with van der Waals surface area (Å²) >= 11 is 0. The van der Waals surface area contributed by atoms with E-state index in [0.29, 0.717) is 32.2 Å². The number of carbonyl (C=O) groups is 1. The van der Waals surface area contributed by atoms with Gasteiger partial charge in [0.1, 0.15) is 5.60 Å². The van der Waals surface area contributed by atoms with Crippen LogP contribution in [0.1, 0.15) is 32.1 Å². The van der Waals surface area contributed by atoms with Crippen LogP contribution < -0.4 is 4.74 Å². The van der Waals surface area contributed by atoms with Gasteiger partial charge in [-0.3, -0.25) is 4.79 Å². The summed E-state index contributed by atoms with van der Waals surface area (Å²) < 4.78 is 25.0. The van der Waals surface area contributed by atoms with Gasteiger partial charge >= 0.3 is 0 Å². The van der Waals surface area contributed by atoms with Crippen molar-refractivity contribution in [2.75, 3.05) is 26.3 Å². The summed E-state index contributed by atoms with van der Waals surface area (Å²) in [5.74, 6) is 0.115. The third kappa shape index (κ3) is 3.15. The lowest BCUT2D eigenvalue weighted by Gasteiger charge is -2.50. The van der Waals surface area contributed by atoms with Crippen molar-refractivity contribution in [2.45, 2.75) is 37.7 Å². The Labute approximate surface area is 146 Å². The number of ether oxygens (including phenoxy) is 2. The fourth-order valence-electron chi connectivity index (χ4n) is 4.13. The van der Waals surface area contributed by atoms with Gasteiger partial charge in [-0.2, -0.15) is 0 Å². The van der Waals surface area contributed by atoms with Gasteiger partial charge in [-0.15, -0.1) is 0 Å². The topological polar surface area (TPSA) is 51.7 Å². The third-order valence-corrected chi connectivity index (χ3v) is 5.55. The Morgan fingerprint density at radius 1 is 1.48 bits per heavy atom. The molecule has 3 heterocycles. The molecular formula is C19H23FN2O3. The Morgan fingerprint density at radius 3 is 3.12 bits per heavy atom. The number of hydrogen-bond acceptors (Lipinski definition) is 4. The molecule has 6 heteroatoms. The lowest BCUT2D eigenvalue weighted by Crippen LogP contribution is -2.66. The van der Waals surface area contributed by atoms with Gasteiger partial charge in [0.05, 0.1) is 19.7 Å². The minimum Gasteiger partial charge on any atom is -0.476 e. The number of amides is 1. The molecule has 0 saturated carbocycles. The molecule has 2 aliphatic heterocycles. The summed E-state index contributed by atoms with van der Waals surface area (Å²) in [7, 11) is 0. The Morgan fingerprint density at radius 2 is 2.36 bits per heavy atom. The number of carbonyl (C=O) groups excluding carboxylic acids is 1. The van der Waals surface area contributed by atoms with Crippen molar-refractivity contribution in [3.8, 4) is 5.88 Å². The lowest BCUT2D eigenvalue weighted by molar-refractivity contribution is -0.162. The highest BCUT2D eigenvalue weighted by molar-refractivity contribution is 5.94. The van der Waals surface area contributed by atoms with Crippen LogP contribution in [0.4, 0.5) is 4.39 Å². The molecule has 0 radical (unpaired) electrons. The first-order valence-electron chi connectivity index (χ1n) is 9.03. The van der Waals surface area contributed by atoms with Crippen LogP contribution in [-0.4, -0.2) is 47.7 Å². The quantitative estimate of drug-likeness (QED) is 0.823. The molecular weight excluding hydrogens is 323 g/mol. The summed E-state index contributed by atoms with van der Waals surface area (Å²) in [4.78, 5) is 18.2. The van der Waals surface area contributed by atoms with Gasteiger partial charge in [0.25, 0.3) is 0 Å². The zero-order chi connectivity index (χ0) is 17.3. The Balaban J connectivity index is 1.30. The Hall–Kier alpha value is -1.95. The van der Waals surface area contributed by atoms with E-state index in [0.717, 1.165) is 37.7 Å². The summed E-state index contributed by atoms with van der Waals surface area (Å²) in [6.45, 7) is 2.44. The number of hydrogen-bond donors (Lipinski definition) is 0. The molecule has 1 atom stereocenters. The molecule has 25 heavy (non-hydrogen) atoms. The number of halogens is 1. The first-order valence-corrected chi connectivity index (χ1v) is 9.03. The molecule has 1 aromatic rings. The van der Waals surface area contributed by atoms with E-state index >= 15 is 0 Å². The zero-order valence-corrected chi connectivity index (χ0v) is 14.2. The number of likely N-dealkylation sites (tertiary alicyclic amines) is 1. The minimum absolute atomic E-state index is 0.0500. The van der Waals surface area contributed by atoms with Crippen LogP contribution >= 0.6 is 0 Å². The molecule has 1 amide bonds. The number of nitrogens with zero attached hydrogens (tertiary/aromatic N) is 2. The predicted molar refractivity (Wildman–Crippen MR) is 89.6 cm³/mol. The van der Waals surface area contributed by atoms with E-state index < -0.39 is 5.82 Å². The van der Waals surface area contributed by atoms with Crippen molar-refractivity contribution in [2.24, 2.45) is 5.92 Å². The smallest absolute Gasteiger partial charge is 0.250 e. The fourth-order valence-corrected chi connectivity index (χ4v) is 4.13. The van der Waals surface area contributed by atoms with Crippen LogP contribution in [0.25, 0.3) is 0 Å². The van der Waals surface area contributed by atoms with Crippen LogP contribution in [0, 0.1) is 11.7 Å². The van der Waals surface area contributed by atoms with Crippen molar-refractivity contribution in [3.05, 3.63) is 35.8 Å². The molecule has 2 fully saturated rings. The third-order valence-electron chi connectivity index (χ3n) is 5.55. The summed E-state index contributed by atoms with van der Waals surface area (Å²) in [6.07, 6.45) is 8.32. The Bertz CT molecular complexity index is 685. The molecule has 1 aromatic heterocycles. The molecule has 4 rings (SSSR count). The normalized spacial score (nSPS) is 24.3. The highest BCUT2D eigenvalue weighted by atomic mass is 19.1.